The summed E-state index contributed by atoms with van der Waals surface area (Å²) >= 11 is 5.64. The number of hydrogen-bond acceptors (Lipinski definition) is 4. The molecule has 0 saturated carbocycles. The molecule has 0 aliphatic heterocycles. The minimum atomic E-state index is -1.10. The minimum Gasteiger partial charge on any atom is -0.476 e. The Morgan fingerprint density at radius 1 is 1.50 bits per heavy atom. The van der Waals surface area contributed by atoms with Gasteiger partial charge in [0.2, 0.25) is 0 Å². The molecule has 0 spiro atoms. The highest BCUT2D eigenvalue weighted by molar-refractivity contribution is 6.29. The molecule has 0 atom stereocenters. The Kier molecular flexibility index (Phi) is 2.82. The molecule has 0 amide bonds. The Morgan fingerprint density at radius 2 is 2.31 bits per heavy atom. The van der Waals surface area contributed by atoms with Crippen LogP contribution in [0.25, 0.3) is 0 Å². The third kappa shape index (κ3) is 2.34. The predicted molar refractivity (Wildman–Crippen MR) is 55.3 cm³/mol. The summed E-state index contributed by atoms with van der Waals surface area (Å²) in [6.45, 7) is 0.407. The van der Waals surface area contributed by atoms with E-state index in [1.807, 2.05) is 0 Å². The Morgan fingerprint density at radius 3 is 2.88 bits per heavy atom. The highest BCUT2D eigenvalue weighted by Crippen LogP contribution is 2.06. The quantitative estimate of drug-likeness (QED) is 0.809. The molecule has 0 unspecified atom stereocenters. The topological polar surface area (TPSA) is 80.9 Å². The second-order valence-electron chi connectivity index (χ2n) is 3.10. The second-order valence-corrected chi connectivity index (χ2v) is 3.48. The summed E-state index contributed by atoms with van der Waals surface area (Å²) in [5.41, 5.74) is 0.785. The third-order valence-corrected chi connectivity index (χ3v) is 2.11. The van der Waals surface area contributed by atoms with Crippen LogP contribution in [0.1, 0.15) is 16.1 Å². The number of aromatic nitrogens is 4. The third-order valence-electron chi connectivity index (χ3n) is 1.89. The molecule has 0 radical (unpaired) electrons. The first-order valence-corrected chi connectivity index (χ1v) is 4.77. The SMILES string of the molecule is O=C(O)c1cn(Cc2ccc(Cl)nc2)nn1. The van der Waals surface area contributed by atoms with E-state index in [9.17, 15) is 4.79 Å². The standard InChI is InChI=1S/C9H7ClN4O2/c10-8-2-1-6(3-11-8)4-14-5-7(9(15)16)12-13-14/h1-3,5H,4H2,(H,15,16). The molecule has 0 fully saturated rings. The van der Waals surface area contributed by atoms with Crippen LogP contribution in [0.3, 0.4) is 0 Å². The average Bonchev–Trinajstić information content (AvgIpc) is 2.70. The lowest BCUT2D eigenvalue weighted by atomic mass is 10.3. The Balaban J connectivity index is 2.14. The van der Waals surface area contributed by atoms with E-state index in [0.717, 1.165) is 5.56 Å². The zero-order valence-corrected chi connectivity index (χ0v) is 8.79. The van der Waals surface area contributed by atoms with E-state index in [-0.39, 0.29) is 5.69 Å². The number of rotatable bonds is 3. The minimum absolute atomic E-state index is 0.0816. The predicted octanol–water partition coefficient (Wildman–Crippen LogP) is 1.07. The van der Waals surface area contributed by atoms with Crippen molar-refractivity contribution in [3.63, 3.8) is 0 Å². The Labute approximate surface area is 95.5 Å². The van der Waals surface area contributed by atoms with Crippen LogP contribution in [0.15, 0.2) is 24.5 Å². The van der Waals surface area contributed by atoms with Crippen LogP contribution in [0.4, 0.5) is 0 Å². The van der Waals surface area contributed by atoms with Crippen LogP contribution in [0.2, 0.25) is 5.15 Å². The number of aromatic carboxylic acids is 1. The van der Waals surface area contributed by atoms with Crippen molar-refractivity contribution < 1.29 is 9.90 Å². The first kappa shape index (κ1) is 10.6. The van der Waals surface area contributed by atoms with E-state index in [4.69, 9.17) is 16.7 Å². The number of halogens is 1. The maximum absolute atomic E-state index is 10.6. The van der Waals surface area contributed by atoms with Gasteiger partial charge in [-0.3, -0.25) is 0 Å². The van der Waals surface area contributed by atoms with Crippen molar-refractivity contribution in [1.29, 1.82) is 0 Å². The van der Waals surface area contributed by atoms with Gasteiger partial charge in [-0.2, -0.15) is 0 Å². The van der Waals surface area contributed by atoms with Crippen LogP contribution in [-0.2, 0) is 6.54 Å². The van der Waals surface area contributed by atoms with Crippen molar-refractivity contribution in [2.24, 2.45) is 0 Å². The average molecular weight is 239 g/mol. The molecule has 0 aliphatic carbocycles. The van der Waals surface area contributed by atoms with Crippen LogP contribution >= 0.6 is 11.6 Å². The highest BCUT2D eigenvalue weighted by atomic mass is 35.5. The normalized spacial score (nSPS) is 10.3. The van der Waals surface area contributed by atoms with E-state index >= 15 is 0 Å². The van der Waals surface area contributed by atoms with Gasteiger partial charge in [-0.1, -0.05) is 22.9 Å². The summed E-state index contributed by atoms with van der Waals surface area (Å²) in [4.78, 5) is 14.5. The molecule has 1 N–H and O–H groups in total. The van der Waals surface area contributed by atoms with E-state index in [1.54, 1.807) is 18.3 Å². The molecule has 6 nitrogen and oxygen atoms in total. The molecule has 0 bridgehead atoms. The van der Waals surface area contributed by atoms with Gasteiger partial charge in [-0.05, 0) is 11.6 Å². The molecule has 2 heterocycles. The van der Waals surface area contributed by atoms with Crippen molar-refractivity contribution in [3.8, 4) is 0 Å². The van der Waals surface area contributed by atoms with Crippen LogP contribution in [-0.4, -0.2) is 31.1 Å². The molecule has 2 rings (SSSR count). The van der Waals surface area contributed by atoms with Gasteiger partial charge in [0, 0.05) is 6.20 Å². The maximum Gasteiger partial charge on any atom is 0.358 e. The first-order chi connectivity index (χ1) is 7.65. The van der Waals surface area contributed by atoms with Crippen LogP contribution in [0.5, 0.6) is 0 Å². The summed E-state index contributed by atoms with van der Waals surface area (Å²) in [5.74, 6) is -1.10. The molecule has 7 heteroatoms. The summed E-state index contributed by atoms with van der Waals surface area (Å²) in [6.07, 6.45) is 2.96. The van der Waals surface area contributed by atoms with Gasteiger partial charge in [0.15, 0.2) is 5.69 Å². The lowest BCUT2D eigenvalue weighted by molar-refractivity contribution is 0.0690. The largest absolute Gasteiger partial charge is 0.476 e. The van der Waals surface area contributed by atoms with Gasteiger partial charge in [0.05, 0.1) is 12.7 Å². The second kappa shape index (κ2) is 4.28. The fourth-order valence-corrected chi connectivity index (χ4v) is 1.27. The van der Waals surface area contributed by atoms with Gasteiger partial charge < -0.3 is 5.11 Å². The molecule has 0 saturated heterocycles. The van der Waals surface area contributed by atoms with Crippen molar-refractivity contribution in [1.82, 2.24) is 20.0 Å². The molecular weight excluding hydrogens is 232 g/mol. The number of carbonyl (C=O) groups is 1. The van der Waals surface area contributed by atoms with Crippen molar-refractivity contribution in [2.45, 2.75) is 6.54 Å². The summed E-state index contributed by atoms with van der Waals surface area (Å²) in [7, 11) is 0. The number of carboxylic acid groups (broad SMARTS) is 1. The summed E-state index contributed by atoms with van der Waals surface area (Å²) in [6, 6.07) is 3.45. The summed E-state index contributed by atoms with van der Waals surface area (Å²) < 4.78 is 1.42. The molecule has 0 aromatic carbocycles. The van der Waals surface area contributed by atoms with Gasteiger partial charge in [0.25, 0.3) is 0 Å². The molecule has 82 valence electrons. The van der Waals surface area contributed by atoms with E-state index in [1.165, 1.54) is 10.9 Å². The number of pyridine rings is 1. The molecule has 0 aliphatic rings. The zero-order valence-electron chi connectivity index (χ0n) is 8.04. The number of hydrogen-bond donors (Lipinski definition) is 1. The van der Waals surface area contributed by atoms with Gasteiger partial charge in [-0.25, -0.2) is 14.5 Å². The lowest BCUT2D eigenvalue weighted by Crippen LogP contribution is -2.00. The Bertz CT molecular complexity index is 508. The van der Waals surface area contributed by atoms with Crippen molar-refractivity contribution >= 4 is 17.6 Å². The zero-order chi connectivity index (χ0) is 11.5. The van der Waals surface area contributed by atoms with Gasteiger partial charge in [0.1, 0.15) is 5.15 Å². The fourth-order valence-electron chi connectivity index (χ4n) is 1.16. The highest BCUT2D eigenvalue weighted by Gasteiger charge is 2.08. The van der Waals surface area contributed by atoms with E-state index in [0.29, 0.717) is 11.7 Å². The first-order valence-electron chi connectivity index (χ1n) is 4.39. The summed E-state index contributed by atoms with van der Waals surface area (Å²) in [5, 5.41) is 16.2. The molecule has 16 heavy (non-hydrogen) atoms. The van der Waals surface area contributed by atoms with Gasteiger partial charge >= 0.3 is 5.97 Å². The number of carboxylic acids is 1. The van der Waals surface area contributed by atoms with E-state index in [2.05, 4.69) is 15.3 Å². The number of nitrogens with zero attached hydrogens (tertiary/aromatic N) is 4. The molecular formula is C9H7ClN4O2. The van der Waals surface area contributed by atoms with Crippen molar-refractivity contribution in [3.05, 3.63) is 40.9 Å². The molecule has 2 aromatic rings. The lowest BCUT2D eigenvalue weighted by Gasteiger charge is -1.99. The smallest absolute Gasteiger partial charge is 0.358 e. The van der Waals surface area contributed by atoms with E-state index < -0.39 is 5.97 Å². The van der Waals surface area contributed by atoms with Gasteiger partial charge in [-0.15, -0.1) is 5.10 Å². The maximum atomic E-state index is 10.6. The van der Waals surface area contributed by atoms with Crippen LogP contribution in [0, 0.1) is 0 Å². The monoisotopic (exact) mass is 238 g/mol. The Hall–Kier alpha value is -1.95. The van der Waals surface area contributed by atoms with Crippen LogP contribution < -0.4 is 0 Å². The molecule has 2 aromatic heterocycles. The fraction of sp³-hybridized carbons (Fsp3) is 0.111. The van der Waals surface area contributed by atoms with Crippen molar-refractivity contribution in [2.75, 3.05) is 0 Å².